The Kier molecular flexibility index (Phi) is 4.99. The summed E-state index contributed by atoms with van der Waals surface area (Å²) < 4.78 is 10.7. The van der Waals surface area contributed by atoms with Crippen molar-refractivity contribution in [3.8, 4) is 22.6 Å². The van der Waals surface area contributed by atoms with E-state index in [-0.39, 0.29) is 7.43 Å². The van der Waals surface area contributed by atoms with Crippen LogP contribution in [0.2, 0.25) is 0 Å². The predicted molar refractivity (Wildman–Crippen MR) is 81.2 cm³/mol. The number of benzene rings is 2. The van der Waals surface area contributed by atoms with Crippen LogP contribution >= 0.6 is 0 Å². The molecule has 0 radical (unpaired) electrons. The van der Waals surface area contributed by atoms with Crippen molar-refractivity contribution in [3.05, 3.63) is 47.5 Å². The maximum absolute atomic E-state index is 5.36. The van der Waals surface area contributed by atoms with Gasteiger partial charge in [-0.3, -0.25) is 0 Å². The van der Waals surface area contributed by atoms with Crippen LogP contribution in [0.25, 0.3) is 11.1 Å². The van der Waals surface area contributed by atoms with Crippen molar-refractivity contribution in [2.45, 2.75) is 21.3 Å². The molecule has 0 spiro atoms. The van der Waals surface area contributed by atoms with Crippen LogP contribution in [0, 0.1) is 13.8 Å². The van der Waals surface area contributed by atoms with E-state index in [9.17, 15) is 0 Å². The summed E-state index contributed by atoms with van der Waals surface area (Å²) in [5.41, 5.74) is 4.55. The molecule has 102 valence electrons. The Balaban J connectivity index is 0.00000180. The monoisotopic (exact) mass is 258 g/mol. The van der Waals surface area contributed by atoms with E-state index < -0.39 is 0 Å². The molecule has 0 aliphatic heterocycles. The Labute approximate surface area is 116 Å². The molecule has 0 aliphatic rings. The highest BCUT2D eigenvalue weighted by Crippen LogP contribution is 2.30. The van der Waals surface area contributed by atoms with Gasteiger partial charge in [-0.15, -0.1) is 0 Å². The summed E-state index contributed by atoms with van der Waals surface area (Å²) in [6.07, 6.45) is 0. The zero-order valence-corrected chi connectivity index (χ0v) is 11.3. The minimum atomic E-state index is 0. The van der Waals surface area contributed by atoms with Crippen LogP contribution in [0.1, 0.15) is 18.6 Å². The van der Waals surface area contributed by atoms with Crippen molar-refractivity contribution >= 4 is 0 Å². The van der Waals surface area contributed by atoms with Crippen LogP contribution in [-0.2, 0) is 0 Å². The summed E-state index contributed by atoms with van der Waals surface area (Å²) in [6.45, 7) is 4.08. The second-order valence-electron chi connectivity index (χ2n) is 4.37. The summed E-state index contributed by atoms with van der Waals surface area (Å²) in [4.78, 5) is 0. The second kappa shape index (κ2) is 6.28. The number of aryl methyl sites for hydroxylation is 2. The first kappa shape index (κ1) is 15.1. The van der Waals surface area contributed by atoms with Gasteiger partial charge in [0.1, 0.15) is 11.5 Å². The SMILES string of the molecule is C.COc1cc(-c2ccc(C)c(OC)c2)ccc1C. The van der Waals surface area contributed by atoms with Gasteiger partial charge in [0.25, 0.3) is 0 Å². The van der Waals surface area contributed by atoms with Gasteiger partial charge in [0.05, 0.1) is 14.2 Å². The first-order valence-electron chi connectivity index (χ1n) is 5.95. The summed E-state index contributed by atoms with van der Waals surface area (Å²) in [5.74, 6) is 1.82. The van der Waals surface area contributed by atoms with Crippen molar-refractivity contribution in [3.63, 3.8) is 0 Å². The molecule has 19 heavy (non-hydrogen) atoms. The molecule has 2 nitrogen and oxygen atoms in total. The highest BCUT2D eigenvalue weighted by molar-refractivity contribution is 5.68. The number of hydrogen-bond acceptors (Lipinski definition) is 2. The summed E-state index contributed by atoms with van der Waals surface area (Å²) in [7, 11) is 3.39. The van der Waals surface area contributed by atoms with Crippen molar-refractivity contribution in [2.75, 3.05) is 14.2 Å². The number of rotatable bonds is 3. The molecule has 0 saturated heterocycles. The van der Waals surface area contributed by atoms with Gasteiger partial charge in [0, 0.05) is 0 Å². The number of ether oxygens (including phenoxy) is 2. The Morgan fingerprint density at radius 2 is 1.05 bits per heavy atom. The molecule has 0 aliphatic carbocycles. The molecule has 0 saturated carbocycles. The van der Waals surface area contributed by atoms with Gasteiger partial charge in [0.2, 0.25) is 0 Å². The molecule has 0 fully saturated rings. The minimum absolute atomic E-state index is 0. The maximum Gasteiger partial charge on any atom is 0.122 e. The average Bonchev–Trinajstić information content (AvgIpc) is 2.40. The zero-order valence-electron chi connectivity index (χ0n) is 11.3. The lowest BCUT2D eigenvalue weighted by atomic mass is 10.0. The third kappa shape index (κ3) is 3.08. The first-order chi connectivity index (χ1) is 8.65. The Morgan fingerprint density at radius 3 is 1.37 bits per heavy atom. The lowest BCUT2D eigenvalue weighted by Crippen LogP contribution is -1.90. The standard InChI is InChI=1S/C16H18O2.CH4/c1-11-5-7-13(9-15(11)17-3)14-8-6-12(2)16(10-14)18-4;/h5-10H,1-4H3;1H4. The van der Waals surface area contributed by atoms with Gasteiger partial charge in [-0.05, 0) is 48.2 Å². The second-order valence-corrected chi connectivity index (χ2v) is 4.37. The quantitative estimate of drug-likeness (QED) is 0.799. The van der Waals surface area contributed by atoms with E-state index in [0.717, 1.165) is 33.8 Å². The van der Waals surface area contributed by atoms with E-state index in [0.29, 0.717) is 0 Å². The van der Waals surface area contributed by atoms with E-state index >= 15 is 0 Å². The zero-order chi connectivity index (χ0) is 13.1. The van der Waals surface area contributed by atoms with Crippen molar-refractivity contribution in [2.24, 2.45) is 0 Å². The van der Waals surface area contributed by atoms with E-state index in [1.54, 1.807) is 14.2 Å². The maximum atomic E-state index is 5.36. The molecule has 0 bridgehead atoms. The molecule has 0 atom stereocenters. The van der Waals surface area contributed by atoms with Crippen LogP contribution in [0.3, 0.4) is 0 Å². The Bertz CT molecular complexity index is 508. The summed E-state index contributed by atoms with van der Waals surface area (Å²) in [6, 6.07) is 12.4. The Morgan fingerprint density at radius 1 is 0.684 bits per heavy atom. The molecule has 0 aromatic heterocycles. The predicted octanol–water partition coefficient (Wildman–Crippen LogP) is 4.62. The molecular formula is C17H22O2. The molecule has 2 aromatic rings. The van der Waals surface area contributed by atoms with Crippen molar-refractivity contribution in [1.29, 1.82) is 0 Å². The third-order valence-corrected chi connectivity index (χ3v) is 3.15. The van der Waals surface area contributed by atoms with Crippen molar-refractivity contribution < 1.29 is 9.47 Å². The van der Waals surface area contributed by atoms with Gasteiger partial charge in [-0.1, -0.05) is 31.7 Å². The van der Waals surface area contributed by atoms with Gasteiger partial charge in [0.15, 0.2) is 0 Å². The molecule has 2 rings (SSSR count). The molecule has 0 heterocycles. The van der Waals surface area contributed by atoms with E-state index in [4.69, 9.17) is 9.47 Å². The van der Waals surface area contributed by atoms with Gasteiger partial charge < -0.3 is 9.47 Å². The van der Waals surface area contributed by atoms with Gasteiger partial charge in [-0.25, -0.2) is 0 Å². The molecular weight excluding hydrogens is 236 g/mol. The highest BCUT2D eigenvalue weighted by Gasteiger charge is 2.05. The van der Waals surface area contributed by atoms with Crippen LogP contribution in [0.5, 0.6) is 11.5 Å². The first-order valence-corrected chi connectivity index (χ1v) is 5.95. The molecule has 0 amide bonds. The highest BCUT2D eigenvalue weighted by atomic mass is 16.5. The largest absolute Gasteiger partial charge is 0.496 e. The smallest absolute Gasteiger partial charge is 0.122 e. The topological polar surface area (TPSA) is 18.5 Å². The average molecular weight is 258 g/mol. The van der Waals surface area contributed by atoms with Crippen LogP contribution in [-0.4, -0.2) is 14.2 Å². The lowest BCUT2D eigenvalue weighted by molar-refractivity contribution is 0.411. The molecule has 2 heteroatoms. The fraction of sp³-hybridized carbons (Fsp3) is 0.294. The van der Waals surface area contributed by atoms with Crippen LogP contribution in [0.4, 0.5) is 0 Å². The van der Waals surface area contributed by atoms with Crippen LogP contribution in [0.15, 0.2) is 36.4 Å². The number of hydrogen-bond donors (Lipinski definition) is 0. The van der Waals surface area contributed by atoms with Crippen molar-refractivity contribution in [1.82, 2.24) is 0 Å². The van der Waals surface area contributed by atoms with E-state index in [2.05, 4.69) is 36.4 Å². The minimum Gasteiger partial charge on any atom is -0.496 e. The normalized spacial score (nSPS) is 9.68. The molecule has 2 aromatic carbocycles. The van der Waals surface area contributed by atoms with Crippen LogP contribution < -0.4 is 9.47 Å². The van der Waals surface area contributed by atoms with E-state index in [1.165, 1.54) is 0 Å². The summed E-state index contributed by atoms with van der Waals surface area (Å²) in [5, 5.41) is 0. The van der Waals surface area contributed by atoms with Gasteiger partial charge >= 0.3 is 0 Å². The molecule has 0 N–H and O–H groups in total. The number of methoxy groups -OCH3 is 2. The van der Waals surface area contributed by atoms with E-state index in [1.807, 2.05) is 13.8 Å². The van der Waals surface area contributed by atoms with Gasteiger partial charge in [-0.2, -0.15) is 0 Å². The lowest BCUT2D eigenvalue weighted by Gasteiger charge is -2.10. The molecule has 0 unspecified atom stereocenters. The fourth-order valence-electron chi connectivity index (χ4n) is 2.00. The summed E-state index contributed by atoms with van der Waals surface area (Å²) >= 11 is 0. The fourth-order valence-corrected chi connectivity index (χ4v) is 2.00. The Hall–Kier alpha value is -1.96. The third-order valence-electron chi connectivity index (χ3n) is 3.15.